The van der Waals surface area contributed by atoms with Crippen LogP contribution in [0.25, 0.3) is 10.1 Å². The molecule has 0 atom stereocenters. The molecule has 0 fully saturated rings. The maximum absolute atomic E-state index is 12.1. The van der Waals surface area contributed by atoms with Crippen molar-refractivity contribution in [3.63, 3.8) is 0 Å². The lowest BCUT2D eigenvalue weighted by Gasteiger charge is -2.16. The van der Waals surface area contributed by atoms with Crippen LogP contribution in [0.4, 0.5) is 5.69 Å². The summed E-state index contributed by atoms with van der Waals surface area (Å²) in [5, 5.41) is 3.65. The van der Waals surface area contributed by atoms with E-state index in [1.165, 1.54) is 18.4 Å². The van der Waals surface area contributed by atoms with Gasteiger partial charge in [0.2, 0.25) is 5.91 Å². The van der Waals surface area contributed by atoms with Gasteiger partial charge in [0, 0.05) is 10.1 Å². The van der Waals surface area contributed by atoms with E-state index in [-0.39, 0.29) is 5.91 Å². The van der Waals surface area contributed by atoms with Gasteiger partial charge < -0.3 is 10.1 Å². The van der Waals surface area contributed by atoms with Gasteiger partial charge >= 0.3 is 5.97 Å². The van der Waals surface area contributed by atoms with Gasteiger partial charge in [0.15, 0.2) is 0 Å². The van der Waals surface area contributed by atoms with Gasteiger partial charge in [0.1, 0.15) is 4.88 Å². The van der Waals surface area contributed by atoms with E-state index >= 15 is 0 Å². The third kappa shape index (κ3) is 2.86. The Labute approximate surface area is 129 Å². The number of amides is 1. The number of methoxy groups -OCH3 is 1. The molecule has 0 radical (unpaired) electrons. The minimum absolute atomic E-state index is 0.216. The number of carbonyl (C=O) groups is 2. The standard InChI is InChI=1S/C14H14BrNO3S/c1-14(2,15)13(18)16-10-8-6-4-5-7-9(8)20-11(10)12(17)19-3/h4-7H,1-3H3,(H,16,18). The molecule has 1 aromatic carbocycles. The number of hydrogen-bond acceptors (Lipinski definition) is 4. The average Bonchev–Trinajstić information content (AvgIpc) is 2.76. The summed E-state index contributed by atoms with van der Waals surface area (Å²) in [5.41, 5.74) is 0.509. The van der Waals surface area contributed by atoms with Gasteiger partial charge in [-0.15, -0.1) is 11.3 Å². The van der Waals surface area contributed by atoms with Crippen molar-refractivity contribution in [2.45, 2.75) is 18.2 Å². The molecule has 0 aliphatic rings. The second kappa shape index (κ2) is 5.54. The van der Waals surface area contributed by atoms with E-state index in [0.717, 1.165) is 10.1 Å². The highest BCUT2D eigenvalue weighted by molar-refractivity contribution is 9.10. The Balaban J connectivity index is 2.54. The van der Waals surface area contributed by atoms with Gasteiger partial charge in [-0.2, -0.15) is 0 Å². The van der Waals surface area contributed by atoms with Crippen LogP contribution in [0.15, 0.2) is 24.3 Å². The van der Waals surface area contributed by atoms with E-state index in [9.17, 15) is 9.59 Å². The maximum atomic E-state index is 12.1. The fraction of sp³-hybridized carbons (Fsp3) is 0.286. The van der Waals surface area contributed by atoms with Crippen molar-refractivity contribution in [2.24, 2.45) is 0 Å². The molecular formula is C14H14BrNO3S. The predicted molar refractivity (Wildman–Crippen MR) is 84.8 cm³/mol. The smallest absolute Gasteiger partial charge is 0.350 e. The number of ether oxygens (including phenoxy) is 1. The number of halogens is 1. The first-order chi connectivity index (χ1) is 9.34. The van der Waals surface area contributed by atoms with E-state index in [4.69, 9.17) is 4.74 Å². The Morgan fingerprint density at radius 2 is 1.95 bits per heavy atom. The number of benzene rings is 1. The zero-order chi connectivity index (χ0) is 14.9. The lowest BCUT2D eigenvalue weighted by molar-refractivity contribution is -0.117. The molecule has 0 saturated heterocycles. The number of alkyl halides is 1. The normalized spacial score (nSPS) is 11.4. The first-order valence-electron chi connectivity index (χ1n) is 5.95. The van der Waals surface area contributed by atoms with E-state index in [1.54, 1.807) is 13.8 Å². The molecule has 1 aromatic heterocycles. The molecule has 0 aliphatic heterocycles. The highest BCUT2D eigenvalue weighted by Crippen LogP contribution is 2.37. The number of anilines is 1. The van der Waals surface area contributed by atoms with Gasteiger partial charge in [-0.1, -0.05) is 34.1 Å². The Hall–Kier alpha value is -1.40. The second-order valence-electron chi connectivity index (χ2n) is 4.72. The number of carbonyl (C=O) groups excluding carboxylic acids is 2. The maximum Gasteiger partial charge on any atom is 0.350 e. The Bertz CT molecular complexity index is 673. The second-order valence-corrected chi connectivity index (χ2v) is 7.76. The van der Waals surface area contributed by atoms with Crippen molar-refractivity contribution in [1.82, 2.24) is 0 Å². The summed E-state index contributed by atoms with van der Waals surface area (Å²) >= 11 is 4.61. The molecule has 0 bridgehead atoms. The Kier molecular flexibility index (Phi) is 4.15. The van der Waals surface area contributed by atoms with E-state index in [2.05, 4.69) is 21.2 Å². The molecule has 106 valence electrons. The van der Waals surface area contributed by atoms with E-state index in [1.807, 2.05) is 24.3 Å². The molecule has 2 rings (SSSR count). The number of nitrogens with one attached hydrogen (secondary N) is 1. The molecule has 20 heavy (non-hydrogen) atoms. The van der Waals surface area contributed by atoms with Crippen LogP contribution in [0.3, 0.4) is 0 Å². The summed E-state index contributed by atoms with van der Waals surface area (Å²) in [6.07, 6.45) is 0. The molecule has 6 heteroatoms. The quantitative estimate of drug-likeness (QED) is 0.672. The summed E-state index contributed by atoms with van der Waals surface area (Å²) < 4.78 is 4.99. The Morgan fingerprint density at radius 1 is 1.30 bits per heavy atom. The van der Waals surface area contributed by atoms with Crippen LogP contribution < -0.4 is 5.32 Å². The monoisotopic (exact) mass is 355 g/mol. The summed E-state index contributed by atoms with van der Waals surface area (Å²) in [6.45, 7) is 3.49. The van der Waals surface area contributed by atoms with Crippen molar-refractivity contribution < 1.29 is 14.3 Å². The van der Waals surface area contributed by atoms with Gasteiger partial charge in [-0.05, 0) is 19.9 Å². The zero-order valence-corrected chi connectivity index (χ0v) is 13.7. The lowest BCUT2D eigenvalue weighted by atomic mass is 10.1. The molecule has 1 N–H and O–H groups in total. The van der Waals surface area contributed by atoms with Crippen LogP contribution in [0.5, 0.6) is 0 Å². The molecule has 0 spiro atoms. The van der Waals surface area contributed by atoms with Gasteiger partial charge in [-0.3, -0.25) is 4.79 Å². The largest absolute Gasteiger partial charge is 0.465 e. The van der Waals surface area contributed by atoms with Crippen LogP contribution in [-0.2, 0) is 9.53 Å². The number of fused-ring (bicyclic) bond motifs is 1. The van der Waals surface area contributed by atoms with E-state index in [0.29, 0.717) is 10.6 Å². The van der Waals surface area contributed by atoms with Crippen molar-refractivity contribution in [2.75, 3.05) is 12.4 Å². The first-order valence-corrected chi connectivity index (χ1v) is 7.55. The molecular weight excluding hydrogens is 342 g/mol. The summed E-state index contributed by atoms with van der Waals surface area (Å²) in [6, 6.07) is 7.53. The Morgan fingerprint density at radius 3 is 2.55 bits per heavy atom. The zero-order valence-electron chi connectivity index (χ0n) is 11.3. The topological polar surface area (TPSA) is 55.4 Å². The van der Waals surface area contributed by atoms with Crippen molar-refractivity contribution in [1.29, 1.82) is 0 Å². The highest BCUT2D eigenvalue weighted by atomic mass is 79.9. The summed E-state index contributed by atoms with van der Waals surface area (Å²) in [5.74, 6) is -0.667. The van der Waals surface area contributed by atoms with Crippen molar-refractivity contribution in [3.05, 3.63) is 29.1 Å². The molecule has 0 saturated carbocycles. The molecule has 1 heterocycles. The van der Waals surface area contributed by atoms with Crippen LogP contribution in [0.2, 0.25) is 0 Å². The molecule has 2 aromatic rings. The predicted octanol–water partition coefficient (Wildman–Crippen LogP) is 3.80. The summed E-state index contributed by atoms with van der Waals surface area (Å²) in [7, 11) is 1.33. The van der Waals surface area contributed by atoms with Gasteiger partial charge in [0.05, 0.1) is 17.1 Å². The molecule has 4 nitrogen and oxygen atoms in total. The average molecular weight is 356 g/mol. The van der Waals surface area contributed by atoms with Crippen LogP contribution in [0, 0.1) is 0 Å². The third-order valence-corrected chi connectivity index (χ3v) is 4.26. The lowest BCUT2D eigenvalue weighted by Crippen LogP contribution is -2.31. The minimum Gasteiger partial charge on any atom is -0.465 e. The molecule has 0 aliphatic carbocycles. The van der Waals surface area contributed by atoms with Crippen molar-refractivity contribution >= 4 is 54.9 Å². The third-order valence-electron chi connectivity index (χ3n) is 2.74. The van der Waals surface area contributed by atoms with Crippen molar-refractivity contribution in [3.8, 4) is 0 Å². The number of esters is 1. The van der Waals surface area contributed by atoms with Crippen LogP contribution in [0.1, 0.15) is 23.5 Å². The number of thiophene rings is 1. The molecule has 1 amide bonds. The highest BCUT2D eigenvalue weighted by Gasteiger charge is 2.27. The SMILES string of the molecule is COC(=O)c1sc2ccccc2c1NC(=O)C(C)(C)Br. The van der Waals surface area contributed by atoms with Gasteiger partial charge in [0.25, 0.3) is 0 Å². The fourth-order valence-corrected chi connectivity index (χ4v) is 2.84. The molecule has 0 unspecified atom stereocenters. The summed E-state index contributed by atoms with van der Waals surface area (Å²) in [4.78, 5) is 24.4. The fourth-order valence-electron chi connectivity index (χ4n) is 1.67. The van der Waals surface area contributed by atoms with Crippen LogP contribution in [-0.4, -0.2) is 23.3 Å². The van der Waals surface area contributed by atoms with Gasteiger partial charge in [-0.25, -0.2) is 4.79 Å². The number of hydrogen-bond donors (Lipinski definition) is 1. The van der Waals surface area contributed by atoms with E-state index < -0.39 is 10.3 Å². The van der Waals surface area contributed by atoms with Crippen LogP contribution >= 0.6 is 27.3 Å². The minimum atomic E-state index is -0.719. The first kappa shape index (κ1) is 15.0. The number of rotatable bonds is 3.